The van der Waals surface area contributed by atoms with Gasteiger partial charge >= 0.3 is 5.97 Å². The van der Waals surface area contributed by atoms with E-state index in [0.717, 1.165) is 19.3 Å². The second-order valence-electron chi connectivity index (χ2n) is 5.11. The summed E-state index contributed by atoms with van der Waals surface area (Å²) in [4.78, 5) is 24.5. The van der Waals surface area contributed by atoms with Gasteiger partial charge in [-0.1, -0.05) is 6.92 Å². The number of nitrogens with zero attached hydrogens (tertiary/aromatic N) is 1. The highest BCUT2D eigenvalue weighted by molar-refractivity contribution is 5.85. The molecule has 0 aromatic carbocycles. The summed E-state index contributed by atoms with van der Waals surface area (Å²) in [6.45, 7) is 2.44. The molecular formula is C12H19NO4. The van der Waals surface area contributed by atoms with E-state index in [1.54, 1.807) is 0 Å². The number of hydrogen-bond acceptors (Lipinski definition) is 3. The SMILES string of the molecule is CC1COC(C(=O)N(CC(=O)O)C2CCC2)C1. The van der Waals surface area contributed by atoms with Crippen molar-refractivity contribution < 1.29 is 19.4 Å². The Bertz CT molecular complexity index is 314. The lowest BCUT2D eigenvalue weighted by Gasteiger charge is -2.37. The first-order valence-electron chi connectivity index (χ1n) is 6.22. The fourth-order valence-corrected chi connectivity index (χ4v) is 2.37. The van der Waals surface area contributed by atoms with E-state index in [0.29, 0.717) is 18.9 Å². The van der Waals surface area contributed by atoms with Gasteiger partial charge in [-0.3, -0.25) is 9.59 Å². The number of carbonyl (C=O) groups excluding carboxylic acids is 1. The van der Waals surface area contributed by atoms with E-state index in [1.165, 1.54) is 4.90 Å². The molecule has 1 amide bonds. The van der Waals surface area contributed by atoms with Crippen molar-refractivity contribution in [1.82, 2.24) is 4.90 Å². The maximum absolute atomic E-state index is 12.2. The molecule has 2 atom stereocenters. The molecule has 0 aromatic heterocycles. The largest absolute Gasteiger partial charge is 0.480 e. The maximum atomic E-state index is 12.2. The first-order chi connectivity index (χ1) is 8.08. The van der Waals surface area contributed by atoms with Gasteiger partial charge in [-0.15, -0.1) is 0 Å². The third kappa shape index (κ3) is 2.77. The molecule has 2 rings (SSSR count). The Kier molecular flexibility index (Phi) is 3.66. The van der Waals surface area contributed by atoms with Gasteiger partial charge in [0.15, 0.2) is 0 Å². The number of aliphatic carboxylic acids is 1. The highest BCUT2D eigenvalue weighted by Gasteiger charge is 2.37. The highest BCUT2D eigenvalue weighted by Crippen LogP contribution is 2.28. The number of rotatable bonds is 4. The van der Waals surface area contributed by atoms with E-state index in [4.69, 9.17) is 9.84 Å². The standard InChI is InChI=1S/C12H19NO4/c1-8-5-10(17-7-8)12(16)13(6-11(14)15)9-3-2-4-9/h8-10H,2-7H2,1H3,(H,14,15). The second kappa shape index (κ2) is 5.04. The Morgan fingerprint density at radius 1 is 1.41 bits per heavy atom. The van der Waals surface area contributed by atoms with Gasteiger partial charge < -0.3 is 14.7 Å². The smallest absolute Gasteiger partial charge is 0.323 e. The van der Waals surface area contributed by atoms with Crippen molar-refractivity contribution in [3.05, 3.63) is 0 Å². The van der Waals surface area contributed by atoms with Gasteiger partial charge in [-0.05, 0) is 31.6 Å². The van der Waals surface area contributed by atoms with Gasteiger partial charge in [-0.2, -0.15) is 0 Å². The number of amides is 1. The average molecular weight is 241 g/mol. The van der Waals surface area contributed by atoms with E-state index < -0.39 is 12.1 Å². The first-order valence-corrected chi connectivity index (χ1v) is 6.22. The fourth-order valence-electron chi connectivity index (χ4n) is 2.37. The minimum atomic E-state index is -0.948. The first kappa shape index (κ1) is 12.4. The Hall–Kier alpha value is -1.10. The third-order valence-electron chi connectivity index (χ3n) is 3.58. The van der Waals surface area contributed by atoms with Crippen LogP contribution < -0.4 is 0 Å². The Labute approximate surface area is 101 Å². The molecule has 5 nitrogen and oxygen atoms in total. The molecule has 1 heterocycles. The molecule has 0 radical (unpaired) electrons. The lowest BCUT2D eigenvalue weighted by Crippen LogP contribution is -2.50. The Balaban J connectivity index is 1.98. The average Bonchev–Trinajstić information content (AvgIpc) is 2.59. The molecular weight excluding hydrogens is 222 g/mol. The summed E-state index contributed by atoms with van der Waals surface area (Å²) in [5, 5.41) is 8.86. The molecule has 2 unspecified atom stereocenters. The lowest BCUT2D eigenvalue weighted by molar-refractivity contribution is -0.153. The molecule has 1 saturated carbocycles. The van der Waals surface area contributed by atoms with Crippen LogP contribution in [0.5, 0.6) is 0 Å². The van der Waals surface area contributed by atoms with Crippen LogP contribution in [0.3, 0.4) is 0 Å². The summed E-state index contributed by atoms with van der Waals surface area (Å²) >= 11 is 0. The maximum Gasteiger partial charge on any atom is 0.323 e. The van der Waals surface area contributed by atoms with Crippen molar-refractivity contribution in [2.24, 2.45) is 5.92 Å². The molecule has 1 aliphatic carbocycles. The molecule has 2 aliphatic rings. The zero-order chi connectivity index (χ0) is 12.4. The van der Waals surface area contributed by atoms with Crippen molar-refractivity contribution in [2.75, 3.05) is 13.2 Å². The summed E-state index contributed by atoms with van der Waals surface area (Å²) in [5.74, 6) is -0.699. The molecule has 0 spiro atoms. The van der Waals surface area contributed by atoms with Crippen LogP contribution in [0.15, 0.2) is 0 Å². The van der Waals surface area contributed by atoms with E-state index in [2.05, 4.69) is 0 Å². The normalized spacial score (nSPS) is 28.8. The van der Waals surface area contributed by atoms with Crippen LogP contribution >= 0.6 is 0 Å². The van der Waals surface area contributed by atoms with Crippen LogP contribution in [0.1, 0.15) is 32.6 Å². The predicted molar refractivity (Wildman–Crippen MR) is 60.5 cm³/mol. The summed E-state index contributed by atoms with van der Waals surface area (Å²) in [6.07, 6.45) is 3.20. The van der Waals surface area contributed by atoms with Crippen LogP contribution in [0, 0.1) is 5.92 Å². The Morgan fingerprint density at radius 3 is 2.53 bits per heavy atom. The van der Waals surface area contributed by atoms with Crippen molar-refractivity contribution in [3.8, 4) is 0 Å². The quantitative estimate of drug-likeness (QED) is 0.793. The highest BCUT2D eigenvalue weighted by atomic mass is 16.5. The number of ether oxygens (including phenoxy) is 1. The van der Waals surface area contributed by atoms with E-state index in [1.807, 2.05) is 6.92 Å². The van der Waals surface area contributed by atoms with Crippen LogP contribution in [0.2, 0.25) is 0 Å². The van der Waals surface area contributed by atoms with Crippen LogP contribution in [0.25, 0.3) is 0 Å². The molecule has 1 aliphatic heterocycles. The lowest BCUT2D eigenvalue weighted by atomic mass is 9.91. The van der Waals surface area contributed by atoms with Crippen molar-refractivity contribution >= 4 is 11.9 Å². The topological polar surface area (TPSA) is 66.8 Å². The van der Waals surface area contributed by atoms with E-state index >= 15 is 0 Å². The van der Waals surface area contributed by atoms with Crippen LogP contribution in [0.4, 0.5) is 0 Å². The molecule has 96 valence electrons. The fraction of sp³-hybridized carbons (Fsp3) is 0.833. The van der Waals surface area contributed by atoms with Gasteiger partial charge in [0.1, 0.15) is 12.6 Å². The van der Waals surface area contributed by atoms with Crippen LogP contribution in [-0.4, -0.2) is 47.2 Å². The summed E-state index contributed by atoms with van der Waals surface area (Å²) < 4.78 is 5.42. The third-order valence-corrected chi connectivity index (χ3v) is 3.58. The minimum absolute atomic E-state index is 0.109. The van der Waals surface area contributed by atoms with Crippen molar-refractivity contribution in [3.63, 3.8) is 0 Å². The van der Waals surface area contributed by atoms with Gasteiger partial charge in [-0.25, -0.2) is 0 Å². The van der Waals surface area contributed by atoms with E-state index in [9.17, 15) is 9.59 Å². The van der Waals surface area contributed by atoms with Crippen molar-refractivity contribution in [2.45, 2.75) is 44.8 Å². The second-order valence-corrected chi connectivity index (χ2v) is 5.11. The molecule has 2 fully saturated rings. The molecule has 5 heteroatoms. The predicted octanol–water partition coefficient (Wildman–Crippen LogP) is 0.877. The zero-order valence-corrected chi connectivity index (χ0v) is 10.1. The Morgan fingerprint density at radius 2 is 2.12 bits per heavy atom. The molecule has 1 N–H and O–H groups in total. The van der Waals surface area contributed by atoms with Gasteiger partial charge in [0.05, 0.1) is 6.61 Å². The van der Waals surface area contributed by atoms with Gasteiger partial charge in [0, 0.05) is 6.04 Å². The number of carboxylic acids is 1. The monoisotopic (exact) mass is 241 g/mol. The summed E-state index contributed by atoms with van der Waals surface area (Å²) in [6, 6.07) is 0.109. The summed E-state index contributed by atoms with van der Waals surface area (Å²) in [5.41, 5.74) is 0. The van der Waals surface area contributed by atoms with E-state index in [-0.39, 0.29) is 18.5 Å². The van der Waals surface area contributed by atoms with Gasteiger partial charge in [0.25, 0.3) is 5.91 Å². The van der Waals surface area contributed by atoms with Crippen molar-refractivity contribution in [1.29, 1.82) is 0 Å². The zero-order valence-electron chi connectivity index (χ0n) is 10.1. The number of carboxylic acid groups (broad SMARTS) is 1. The molecule has 0 aromatic rings. The minimum Gasteiger partial charge on any atom is -0.480 e. The van der Waals surface area contributed by atoms with Gasteiger partial charge in [0.2, 0.25) is 0 Å². The summed E-state index contributed by atoms with van der Waals surface area (Å²) in [7, 11) is 0. The number of hydrogen-bond donors (Lipinski definition) is 1. The molecule has 0 bridgehead atoms. The van der Waals surface area contributed by atoms with Crippen LogP contribution in [-0.2, 0) is 14.3 Å². The molecule has 17 heavy (non-hydrogen) atoms. The molecule has 1 saturated heterocycles. The number of carbonyl (C=O) groups is 2.